The smallest absolute Gasteiger partial charge is 0.0842 e. The number of halogens is 2. The lowest BCUT2D eigenvalue weighted by molar-refractivity contribution is 0.0692. The molecule has 0 bridgehead atoms. The molecule has 1 aliphatic heterocycles. The number of fused-ring (bicyclic) bond motifs is 1. The molecule has 0 saturated heterocycles. The number of aliphatic hydroxyl groups excluding tert-OH is 3. The summed E-state index contributed by atoms with van der Waals surface area (Å²) in [4.78, 5) is 4.74. The fourth-order valence-corrected chi connectivity index (χ4v) is 3.76. The average Bonchev–Trinajstić information content (AvgIpc) is 2.77. The van der Waals surface area contributed by atoms with Crippen molar-refractivity contribution >= 4 is 28.9 Å². The molecular formula is C20H21Cl2NO3. The third kappa shape index (κ3) is 3.95. The zero-order valence-corrected chi connectivity index (χ0v) is 15.7. The Balaban J connectivity index is 2.08. The number of hydrogen-bond acceptors (Lipinski definition) is 4. The lowest BCUT2D eigenvalue weighted by Crippen LogP contribution is -2.22. The molecule has 4 nitrogen and oxygen atoms in total. The summed E-state index contributed by atoms with van der Waals surface area (Å²) in [5, 5.41) is 30.9. The summed E-state index contributed by atoms with van der Waals surface area (Å²) in [6, 6.07) is 12.8. The van der Waals surface area contributed by atoms with Gasteiger partial charge in [0, 0.05) is 52.8 Å². The Morgan fingerprint density at radius 2 is 1.77 bits per heavy atom. The van der Waals surface area contributed by atoms with Crippen molar-refractivity contribution in [2.45, 2.75) is 12.5 Å². The SMILES string of the molecule is OCC(CO)C[C@H]1CN=C(c2ccccc2Cl)c2cc(Cl)ccc2[C@H]1O. The molecule has 0 spiro atoms. The molecule has 0 amide bonds. The normalized spacial score (nSPS) is 19.8. The summed E-state index contributed by atoms with van der Waals surface area (Å²) in [7, 11) is 0. The van der Waals surface area contributed by atoms with E-state index in [4.69, 9.17) is 28.2 Å². The van der Waals surface area contributed by atoms with E-state index >= 15 is 0 Å². The minimum absolute atomic E-state index is 0.131. The second kappa shape index (κ2) is 8.51. The highest BCUT2D eigenvalue weighted by molar-refractivity contribution is 6.36. The lowest BCUT2D eigenvalue weighted by Gasteiger charge is -2.24. The van der Waals surface area contributed by atoms with Crippen LogP contribution < -0.4 is 0 Å². The largest absolute Gasteiger partial charge is 0.396 e. The van der Waals surface area contributed by atoms with E-state index in [0.29, 0.717) is 28.7 Å². The summed E-state index contributed by atoms with van der Waals surface area (Å²) in [5.41, 5.74) is 2.96. The highest BCUT2D eigenvalue weighted by atomic mass is 35.5. The highest BCUT2D eigenvalue weighted by Gasteiger charge is 2.30. The maximum atomic E-state index is 11.0. The van der Waals surface area contributed by atoms with Gasteiger partial charge in [0.1, 0.15) is 0 Å². The molecule has 1 heterocycles. The predicted molar refractivity (Wildman–Crippen MR) is 104 cm³/mol. The Bertz CT molecular complexity index is 805. The van der Waals surface area contributed by atoms with Crippen LogP contribution in [-0.2, 0) is 0 Å². The van der Waals surface area contributed by atoms with Crippen LogP contribution in [0.15, 0.2) is 47.5 Å². The van der Waals surface area contributed by atoms with Crippen LogP contribution in [0, 0.1) is 11.8 Å². The maximum Gasteiger partial charge on any atom is 0.0842 e. The van der Waals surface area contributed by atoms with E-state index in [-0.39, 0.29) is 25.0 Å². The molecular weight excluding hydrogens is 373 g/mol. The molecule has 26 heavy (non-hydrogen) atoms. The molecule has 6 heteroatoms. The topological polar surface area (TPSA) is 73.0 Å². The van der Waals surface area contributed by atoms with E-state index < -0.39 is 6.10 Å². The Morgan fingerprint density at radius 3 is 2.46 bits per heavy atom. The van der Waals surface area contributed by atoms with Gasteiger partial charge in [-0.1, -0.05) is 47.5 Å². The summed E-state index contributed by atoms with van der Waals surface area (Å²) in [5.74, 6) is -0.512. The summed E-state index contributed by atoms with van der Waals surface area (Å²) in [6.45, 7) is 0.104. The van der Waals surface area contributed by atoms with Gasteiger partial charge in [0.15, 0.2) is 0 Å². The molecule has 0 unspecified atom stereocenters. The molecule has 1 aliphatic rings. The zero-order valence-electron chi connectivity index (χ0n) is 14.1. The minimum atomic E-state index is -0.772. The number of aliphatic hydroxyl groups is 3. The summed E-state index contributed by atoms with van der Waals surface area (Å²) in [6.07, 6.45) is -0.304. The van der Waals surface area contributed by atoms with Gasteiger partial charge in [0.25, 0.3) is 0 Å². The van der Waals surface area contributed by atoms with Crippen molar-refractivity contribution in [1.29, 1.82) is 0 Å². The van der Waals surface area contributed by atoms with Crippen molar-refractivity contribution in [2.75, 3.05) is 19.8 Å². The molecule has 2 aromatic rings. The number of rotatable bonds is 5. The van der Waals surface area contributed by atoms with Crippen LogP contribution in [-0.4, -0.2) is 40.8 Å². The van der Waals surface area contributed by atoms with E-state index in [2.05, 4.69) is 0 Å². The van der Waals surface area contributed by atoms with Gasteiger partial charge >= 0.3 is 0 Å². The van der Waals surface area contributed by atoms with Gasteiger partial charge in [-0.15, -0.1) is 0 Å². The molecule has 0 aliphatic carbocycles. The van der Waals surface area contributed by atoms with Crippen molar-refractivity contribution in [3.63, 3.8) is 0 Å². The quantitative estimate of drug-likeness (QED) is 0.727. The van der Waals surface area contributed by atoms with Crippen molar-refractivity contribution in [2.24, 2.45) is 16.8 Å². The first-order chi connectivity index (χ1) is 12.5. The van der Waals surface area contributed by atoms with E-state index in [1.807, 2.05) is 18.2 Å². The van der Waals surface area contributed by atoms with Crippen molar-refractivity contribution in [3.8, 4) is 0 Å². The summed E-state index contributed by atoms with van der Waals surface area (Å²) >= 11 is 12.6. The Labute approximate surface area is 162 Å². The Kier molecular flexibility index (Phi) is 6.33. The maximum absolute atomic E-state index is 11.0. The van der Waals surface area contributed by atoms with Gasteiger partial charge in [0.05, 0.1) is 11.8 Å². The van der Waals surface area contributed by atoms with Crippen LogP contribution in [0.1, 0.15) is 29.2 Å². The van der Waals surface area contributed by atoms with Crippen molar-refractivity contribution < 1.29 is 15.3 Å². The lowest BCUT2D eigenvalue weighted by atomic mass is 9.86. The third-order valence-corrected chi connectivity index (χ3v) is 5.37. The molecule has 3 N–H and O–H groups in total. The standard InChI is InChI=1S/C20H21Cl2NO3/c21-14-5-6-15-17(8-14)19(16-3-1-2-4-18(16)22)23-9-13(20(15)26)7-12(10-24)11-25/h1-6,8,12-13,20,24-26H,7,9-11H2/t13-,20-/m0/s1. The minimum Gasteiger partial charge on any atom is -0.396 e. The molecule has 2 aromatic carbocycles. The van der Waals surface area contributed by atoms with Gasteiger partial charge in [-0.3, -0.25) is 4.99 Å². The average molecular weight is 394 g/mol. The molecule has 0 aromatic heterocycles. The highest BCUT2D eigenvalue weighted by Crippen LogP contribution is 2.36. The zero-order chi connectivity index (χ0) is 18.7. The first kappa shape index (κ1) is 19.3. The molecule has 2 atom stereocenters. The summed E-state index contributed by atoms with van der Waals surface area (Å²) < 4.78 is 0. The Hall–Kier alpha value is -1.43. The van der Waals surface area contributed by atoms with Crippen LogP contribution >= 0.6 is 23.2 Å². The van der Waals surface area contributed by atoms with Gasteiger partial charge in [-0.25, -0.2) is 0 Å². The van der Waals surface area contributed by atoms with E-state index in [9.17, 15) is 15.3 Å². The number of benzene rings is 2. The van der Waals surface area contributed by atoms with E-state index in [1.165, 1.54) is 0 Å². The first-order valence-electron chi connectivity index (χ1n) is 8.54. The van der Waals surface area contributed by atoms with Crippen LogP contribution in [0.5, 0.6) is 0 Å². The van der Waals surface area contributed by atoms with Crippen molar-refractivity contribution in [1.82, 2.24) is 0 Å². The molecule has 138 valence electrons. The third-order valence-electron chi connectivity index (χ3n) is 4.80. The molecule has 0 fully saturated rings. The molecule has 0 saturated carbocycles. The number of aliphatic imine (C=N–C) groups is 1. The van der Waals surface area contributed by atoms with Gasteiger partial charge in [-0.2, -0.15) is 0 Å². The van der Waals surface area contributed by atoms with Crippen LogP contribution in [0.2, 0.25) is 10.0 Å². The van der Waals surface area contributed by atoms with Crippen LogP contribution in [0.3, 0.4) is 0 Å². The van der Waals surface area contributed by atoms with Gasteiger partial charge < -0.3 is 15.3 Å². The van der Waals surface area contributed by atoms with E-state index in [1.54, 1.807) is 24.3 Å². The monoisotopic (exact) mass is 393 g/mol. The molecule has 3 rings (SSSR count). The molecule has 0 radical (unpaired) electrons. The predicted octanol–water partition coefficient (Wildman–Crippen LogP) is 3.48. The van der Waals surface area contributed by atoms with Crippen LogP contribution in [0.25, 0.3) is 0 Å². The second-order valence-corrected chi connectivity index (χ2v) is 7.42. The van der Waals surface area contributed by atoms with Crippen molar-refractivity contribution in [3.05, 3.63) is 69.2 Å². The van der Waals surface area contributed by atoms with Gasteiger partial charge in [-0.05, 0) is 30.2 Å². The second-order valence-electron chi connectivity index (χ2n) is 6.57. The fourth-order valence-electron chi connectivity index (χ4n) is 3.36. The van der Waals surface area contributed by atoms with Gasteiger partial charge in [0.2, 0.25) is 0 Å². The van der Waals surface area contributed by atoms with Crippen LogP contribution in [0.4, 0.5) is 0 Å². The fraction of sp³-hybridized carbons (Fsp3) is 0.350. The first-order valence-corrected chi connectivity index (χ1v) is 9.29. The van der Waals surface area contributed by atoms with E-state index in [0.717, 1.165) is 16.7 Å². The number of nitrogens with zero attached hydrogens (tertiary/aromatic N) is 1. The number of hydrogen-bond donors (Lipinski definition) is 3. The Morgan fingerprint density at radius 1 is 1.04 bits per heavy atom.